The molecule has 5 rings (SSSR count). The smallest absolute Gasteiger partial charge is 0.251 e. The molecule has 1 saturated carbocycles. The van der Waals surface area contributed by atoms with Crippen LogP contribution in [0.4, 0.5) is 4.39 Å². The van der Waals surface area contributed by atoms with Crippen LogP contribution in [-0.4, -0.2) is 36.2 Å². The summed E-state index contributed by atoms with van der Waals surface area (Å²) in [6, 6.07) is 30.6. The van der Waals surface area contributed by atoms with E-state index < -0.39 is 11.5 Å². The van der Waals surface area contributed by atoms with Gasteiger partial charge in [-0.1, -0.05) is 120 Å². The molecule has 0 unspecified atom stereocenters. The minimum atomic E-state index is -0.858. The van der Waals surface area contributed by atoms with E-state index in [2.05, 4.69) is 62.6 Å². The first-order valence-corrected chi connectivity index (χ1v) is 17.5. The normalized spacial score (nSPS) is 19.7. The minimum Gasteiger partial charge on any atom is -0.351 e. The van der Waals surface area contributed by atoms with Crippen molar-refractivity contribution in [3.8, 4) is 11.1 Å². The molecular weight excluding hydrogens is 625 g/mol. The molecule has 0 aromatic heterocycles. The Bertz CT molecular complexity index is 1790. The molecule has 4 aromatic rings. The zero-order valence-corrected chi connectivity index (χ0v) is 30.2. The van der Waals surface area contributed by atoms with Gasteiger partial charge in [-0.15, -0.1) is 0 Å². The van der Waals surface area contributed by atoms with Gasteiger partial charge in [-0.2, -0.15) is 0 Å². The van der Waals surface area contributed by atoms with Gasteiger partial charge < -0.3 is 15.5 Å². The fraction of sp³-hybridized carbons (Fsp3) is 0.372. The Kier molecular flexibility index (Phi) is 10.9. The summed E-state index contributed by atoms with van der Waals surface area (Å²) in [5, 5.41) is 6.30. The van der Waals surface area contributed by atoms with Gasteiger partial charge in [0.2, 0.25) is 11.8 Å². The van der Waals surface area contributed by atoms with E-state index in [0.717, 1.165) is 29.5 Å². The van der Waals surface area contributed by atoms with Crippen LogP contribution in [0.2, 0.25) is 0 Å². The molecule has 0 saturated heterocycles. The molecule has 2 N–H and O–H groups in total. The van der Waals surface area contributed by atoms with Crippen LogP contribution in [0, 0.1) is 16.6 Å². The molecular formula is C43H50FN3O3. The molecule has 7 heteroatoms. The van der Waals surface area contributed by atoms with E-state index in [4.69, 9.17) is 0 Å². The number of nitrogens with zero attached hydrogens (tertiary/aromatic N) is 1. The summed E-state index contributed by atoms with van der Waals surface area (Å²) < 4.78 is 13.5. The molecule has 1 atom stereocenters. The topological polar surface area (TPSA) is 78.5 Å². The highest BCUT2D eigenvalue weighted by Crippen LogP contribution is 2.45. The van der Waals surface area contributed by atoms with Gasteiger partial charge in [0.1, 0.15) is 11.9 Å². The lowest BCUT2D eigenvalue weighted by molar-refractivity contribution is -0.140. The molecule has 4 aromatic carbocycles. The summed E-state index contributed by atoms with van der Waals surface area (Å²) in [7, 11) is 1.69. The van der Waals surface area contributed by atoms with Crippen molar-refractivity contribution in [1.82, 2.24) is 15.5 Å². The zero-order valence-electron chi connectivity index (χ0n) is 30.2. The Morgan fingerprint density at radius 2 is 1.40 bits per heavy atom. The van der Waals surface area contributed by atoms with Gasteiger partial charge in [0, 0.05) is 31.1 Å². The highest BCUT2D eigenvalue weighted by atomic mass is 19.1. The lowest BCUT2D eigenvalue weighted by atomic mass is 9.64. The van der Waals surface area contributed by atoms with Crippen LogP contribution >= 0.6 is 0 Å². The number of carbonyl (C=O) groups is 3. The highest BCUT2D eigenvalue weighted by Gasteiger charge is 2.43. The number of halogens is 1. The van der Waals surface area contributed by atoms with E-state index in [1.807, 2.05) is 61.5 Å². The molecule has 1 fully saturated rings. The third-order valence-electron chi connectivity index (χ3n) is 10.4. The number of carbonyl (C=O) groups excluding carboxylic acids is 3. The van der Waals surface area contributed by atoms with Crippen LogP contribution in [0.1, 0.15) is 93.4 Å². The van der Waals surface area contributed by atoms with E-state index in [-0.39, 0.29) is 40.9 Å². The van der Waals surface area contributed by atoms with Crippen LogP contribution in [0.15, 0.2) is 103 Å². The third kappa shape index (κ3) is 8.68. The second-order valence-electron chi connectivity index (χ2n) is 15.6. The van der Waals surface area contributed by atoms with E-state index in [0.29, 0.717) is 30.5 Å². The van der Waals surface area contributed by atoms with Crippen molar-refractivity contribution in [2.75, 3.05) is 13.6 Å². The lowest BCUT2D eigenvalue weighted by Gasteiger charge is -2.43. The summed E-state index contributed by atoms with van der Waals surface area (Å²) in [6.07, 6.45) is 2.76. The van der Waals surface area contributed by atoms with Crippen LogP contribution in [0.3, 0.4) is 0 Å². The summed E-state index contributed by atoms with van der Waals surface area (Å²) in [4.78, 5) is 42.8. The first-order valence-electron chi connectivity index (χ1n) is 17.5. The molecule has 0 spiro atoms. The van der Waals surface area contributed by atoms with Crippen molar-refractivity contribution in [2.24, 2.45) is 10.8 Å². The average molecular weight is 676 g/mol. The Labute approximate surface area is 296 Å². The van der Waals surface area contributed by atoms with Crippen LogP contribution < -0.4 is 10.6 Å². The molecule has 1 aliphatic rings. The maximum atomic E-state index is 13.9. The Hall–Kier alpha value is -4.78. The number of amides is 3. The maximum absolute atomic E-state index is 13.9. The largest absolute Gasteiger partial charge is 0.351 e. The second-order valence-corrected chi connectivity index (χ2v) is 15.6. The van der Waals surface area contributed by atoms with Crippen LogP contribution in [0.25, 0.3) is 11.1 Å². The van der Waals surface area contributed by atoms with E-state index >= 15 is 0 Å². The summed E-state index contributed by atoms with van der Waals surface area (Å²) in [5.41, 5.74) is 4.48. The molecule has 0 heterocycles. The number of hydrogen-bond donors (Lipinski definition) is 2. The number of benzene rings is 4. The number of hydrogen-bond acceptors (Lipinski definition) is 3. The summed E-state index contributed by atoms with van der Waals surface area (Å²) in [5.74, 6) is -0.847. The number of nitrogens with one attached hydrogen (secondary N) is 2. The fourth-order valence-corrected chi connectivity index (χ4v) is 6.68. The van der Waals surface area contributed by atoms with Crippen molar-refractivity contribution < 1.29 is 18.8 Å². The van der Waals surface area contributed by atoms with Crippen molar-refractivity contribution in [1.29, 1.82) is 0 Å². The van der Waals surface area contributed by atoms with Gasteiger partial charge in [-0.3, -0.25) is 14.4 Å². The highest BCUT2D eigenvalue weighted by molar-refractivity contribution is 6.01. The molecule has 50 heavy (non-hydrogen) atoms. The molecule has 0 aliphatic heterocycles. The predicted octanol–water partition coefficient (Wildman–Crippen LogP) is 8.62. The Morgan fingerprint density at radius 3 is 2.02 bits per heavy atom. The first-order chi connectivity index (χ1) is 23.7. The SMILES string of the molecule is CN(Cc1ccc(F)cc1)C(=O)[C@@H](NC(=O)C1(C)CCC(C)(CNC(=O)c2ccccc2-c2ccc(C(C)(C)C)cc2)CC1)c1ccccc1. The average Bonchev–Trinajstić information content (AvgIpc) is 3.11. The molecule has 262 valence electrons. The van der Waals surface area contributed by atoms with Crippen molar-refractivity contribution in [3.63, 3.8) is 0 Å². The van der Waals surface area contributed by atoms with Gasteiger partial charge >= 0.3 is 0 Å². The third-order valence-corrected chi connectivity index (χ3v) is 10.4. The summed E-state index contributed by atoms with van der Waals surface area (Å²) in [6.45, 7) is 11.5. The van der Waals surface area contributed by atoms with Gasteiger partial charge in [0.25, 0.3) is 5.91 Å². The molecule has 6 nitrogen and oxygen atoms in total. The Balaban J connectivity index is 1.22. The molecule has 0 radical (unpaired) electrons. The minimum absolute atomic E-state index is 0.0472. The molecule has 1 aliphatic carbocycles. The standard InChI is InChI=1S/C43H50FN3O3/c1-41(2,3)33-20-18-31(19-21-33)35-14-10-11-15-36(35)38(48)45-29-42(4)24-26-43(5,27-25-42)40(50)46-37(32-12-8-7-9-13-32)39(49)47(6)28-30-16-22-34(44)23-17-30/h7-23,37H,24-29H2,1-6H3,(H,45,48)(H,46,50)/t37-,42?,43?/m0/s1. The van der Waals surface area contributed by atoms with Crippen LogP contribution in [-0.2, 0) is 21.5 Å². The summed E-state index contributed by atoms with van der Waals surface area (Å²) >= 11 is 0. The van der Waals surface area contributed by atoms with Crippen molar-refractivity contribution >= 4 is 17.7 Å². The van der Waals surface area contributed by atoms with Gasteiger partial charge in [-0.05, 0) is 82.5 Å². The van der Waals surface area contributed by atoms with Crippen molar-refractivity contribution in [2.45, 2.75) is 78.3 Å². The van der Waals surface area contributed by atoms with E-state index in [1.165, 1.54) is 17.7 Å². The van der Waals surface area contributed by atoms with E-state index in [1.54, 1.807) is 24.1 Å². The molecule has 0 bridgehead atoms. The predicted molar refractivity (Wildman–Crippen MR) is 198 cm³/mol. The quantitative estimate of drug-likeness (QED) is 0.177. The fourth-order valence-electron chi connectivity index (χ4n) is 6.68. The maximum Gasteiger partial charge on any atom is 0.251 e. The molecule has 3 amide bonds. The zero-order chi connectivity index (χ0) is 36.1. The lowest BCUT2D eigenvalue weighted by Crippen LogP contribution is -2.49. The van der Waals surface area contributed by atoms with Gasteiger partial charge in [-0.25, -0.2) is 4.39 Å². The number of likely N-dealkylation sites (N-methyl/N-ethyl adjacent to an activating group) is 1. The van der Waals surface area contributed by atoms with E-state index in [9.17, 15) is 18.8 Å². The van der Waals surface area contributed by atoms with Gasteiger partial charge in [0.05, 0.1) is 0 Å². The van der Waals surface area contributed by atoms with Gasteiger partial charge in [0.15, 0.2) is 0 Å². The Morgan fingerprint density at radius 1 is 0.800 bits per heavy atom. The monoisotopic (exact) mass is 675 g/mol. The van der Waals surface area contributed by atoms with Crippen LogP contribution in [0.5, 0.6) is 0 Å². The second kappa shape index (κ2) is 15.0. The number of rotatable bonds is 10. The van der Waals surface area contributed by atoms with Crippen molar-refractivity contribution in [3.05, 3.63) is 131 Å². The first kappa shape index (κ1) is 36.5.